The minimum Gasteiger partial charge on any atom is -0.484 e. The number of rotatable bonds is 9. The van der Waals surface area contributed by atoms with Crippen molar-refractivity contribution in [3.63, 3.8) is 0 Å². The van der Waals surface area contributed by atoms with Crippen LogP contribution in [0.5, 0.6) is 5.75 Å². The topological polar surface area (TPSA) is 58.6 Å². The summed E-state index contributed by atoms with van der Waals surface area (Å²) in [6, 6.07) is 13.5. The quantitative estimate of drug-likeness (QED) is 0.619. The first kappa shape index (κ1) is 23.0. The monoisotopic (exact) mass is 436 g/mol. The van der Waals surface area contributed by atoms with Crippen molar-refractivity contribution in [1.29, 1.82) is 0 Å². The van der Waals surface area contributed by atoms with Gasteiger partial charge in [0, 0.05) is 28.2 Å². The largest absolute Gasteiger partial charge is 0.484 e. The second kappa shape index (κ2) is 11.1. The molecule has 0 saturated carbocycles. The number of carbonyl (C=O) groups is 2. The molecule has 0 unspecified atom stereocenters. The summed E-state index contributed by atoms with van der Waals surface area (Å²) < 4.78 is 5.59. The highest BCUT2D eigenvalue weighted by Crippen LogP contribution is 2.26. The molecule has 0 aliphatic heterocycles. The minimum atomic E-state index is -0.719. The van der Waals surface area contributed by atoms with Gasteiger partial charge < -0.3 is 15.0 Å². The van der Waals surface area contributed by atoms with Crippen molar-refractivity contribution in [2.45, 2.75) is 45.8 Å². The molecule has 0 spiro atoms. The molecule has 2 amide bonds. The van der Waals surface area contributed by atoms with Gasteiger partial charge in [0.2, 0.25) is 5.91 Å². The van der Waals surface area contributed by atoms with Crippen LogP contribution in [0.3, 0.4) is 0 Å². The lowest BCUT2D eigenvalue weighted by atomic mass is 10.1. The Morgan fingerprint density at radius 1 is 1.03 bits per heavy atom. The van der Waals surface area contributed by atoms with Crippen LogP contribution < -0.4 is 10.1 Å². The van der Waals surface area contributed by atoms with Crippen molar-refractivity contribution >= 4 is 35.0 Å². The second-order valence-corrected chi connectivity index (χ2v) is 7.63. The third-order valence-corrected chi connectivity index (χ3v) is 5.37. The minimum absolute atomic E-state index is 0.00590. The van der Waals surface area contributed by atoms with Crippen LogP contribution in [0.25, 0.3) is 0 Å². The lowest BCUT2D eigenvalue weighted by molar-refractivity contribution is -0.142. The number of benzene rings is 2. The Kier molecular flexibility index (Phi) is 8.80. The zero-order valence-electron chi connectivity index (χ0n) is 16.8. The summed E-state index contributed by atoms with van der Waals surface area (Å²) >= 11 is 12.6. The van der Waals surface area contributed by atoms with E-state index in [1.165, 1.54) is 4.90 Å². The van der Waals surface area contributed by atoms with E-state index < -0.39 is 6.04 Å². The average Bonchev–Trinajstić information content (AvgIpc) is 2.72. The van der Waals surface area contributed by atoms with Gasteiger partial charge in [0.1, 0.15) is 11.8 Å². The van der Waals surface area contributed by atoms with Crippen LogP contribution >= 0.6 is 23.2 Å². The maximum atomic E-state index is 13.0. The number of hydrogen-bond acceptors (Lipinski definition) is 3. The van der Waals surface area contributed by atoms with Crippen molar-refractivity contribution in [3.8, 4) is 5.75 Å². The molecular formula is C22H26Cl2N2O3. The smallest absolute Gasteiger partial charge is 0.261 e. The number of nitrogens with one attached hydrogen (secondary N) is 1. The zero-order valence-corrected chi connectivity index (χ0v) is 18.3. The van der Waals surface area contributed by atoms with Gasteiger partial charge in [0.25, 0.3) is 5.91 Å². The molecule has 2 atom stereocenters. The second-order valence-electron chi connectivity index (χ2n) is 6.82. The van der Waals surface area contributed by atoms with Gasteiger partial charge in [0.05, 0.1) is 0 Å². The Hall–Kier alpha value is -2.24. The van der Waals surface area contributed by atoms with Crippen molar-refractivity contribution in [2.75, 3.05) is 6.61 Å². The van der Waals surface area contributed by atoms with E-state index in [4.69, 9.17) is 27.9 Å². The molecule has 0 heterocycles. The highest BCUT2D eigenvalue weighted by atomic mass is 35.5. The van der Waals surface area contributed by atoms with E-state index in [0.29, 0.717) is 21.4 Å². The van der Waals surface area contributed by atoms with Crippen LogP contribution in [-0.2, 0) is 16.1 Å². The van der Waals surface area contributed by atoms with Gasteiger partial charge in [-0.3, -0.25) is 9.59 Å². The number of nitrogens with zero attached hydrogens (tertiary/aromatic N) is 1. The molecule has 2 aromatic carbocycles. The van der Waals surface area contributed by atoms with Crippen molar-refractivity contribution in [3.05, 3.63) is 64.1 Å². The van der Waals surface area contributed by atoms with Crippen LogP contribution in [0, 0.1) is 0 Å². The number of hydrogen-bond donors (Lipinski definition) is 1. The van der Waals surface area contributed by atoms with Crippen LogP contribution in [0.15, 0.2) is 48.5 Å². The highest BCUT2D eigenvalue weighted by Gasteiger charge is 2.28. The van der Waals surface area contributed by atoms with Crippen LogP contribution in [0.1, 0.15) is 32.8 Å². The number of amides is 2. The molecule has 0 aliphatic rings. The molecule has 0 bridgehead atoms. The van der Waals surface area contributed by atoms with Crippen molar-refractivity contribution < 1.29 is 14.3 Å². The van der Waals surface area contributed by atoms with E-state index in [1.807, 2.05) is 32.0 Å². The zero-order chi connectivity index (χ0) is 21.4. The SMILES string of the molecule is CC[C@H](C)NC(=O)[C@H](C)N(Cc1c(Cl)cccc1Cl)C(=O)COc1ccccc1. The van der Waals surface area contributed by atoms with Crippen LogP contribution in [0.2, 0.25) is 10.0 Å². The normalized spacial score (nSPS) is 12.7. The molecule has 0 saturated heterocycles. The molecule has 0 radical (unpaired) electrons. The van der Waals surface area contributed by atoms with E-state index in [1.54, 1.807) is 37.3 Å². The van der Waals surface area contributed by atoms with E-state index in [-0.39, 0.29) is 31.0 Å². The predicted octanol–water partition coefficient (Wildman–Crippen LogP) is 4.70. The highest BCUT2D eigenvalue weighted by molar-refractivity contribution is 6.36. The molecule has 0 fully saturated rings. The van der Waals surface area contributed by atoms with E-state index >= 15 is 0 Å². The summed E-state index contributed by atoms with van der Waals surface area (Å²) in [5.41, 5.74) is 0.590. The standard InChI is InChI=1S/C22H26Cl2N2O3/c1-4-15(2)25-22(28)16(3)26(13-18-19(23)11-8-12-20(18)24)21(27)14-29-17-9-6-5-7-10-17/h5-12,15-16H,4,13-14H2,1-3H3,(H,25,28)/t15-,16-/m0/s1. The summed E-state index contributed by atoms with van der Waals surface area (Å²) in [5, 5.41) is 3.79. The molecule has 2 aromatic rings. The van der Waals surface area contributed by atoms with Gasteiger partial charge in [-0.1, -0.05) is 54.4 Å². The molecule has 156 valence electrons. The molecule has 29 heavy (non-hydrogen) atoms. The maximum Gasteiger partial charge on any atom is 0.261 e. The first-order valence-corrected chi connectivity index (χ1v) is 10.3. The van der Waals surface area contributed by atoms with E-state index in [0.717, 1.165) is 6.42 Å². The molecule has 1 N–H and O–H groups in total. The number of carbonyl (C=O) groups excluding carboxylic acids is 2. The van der Waals surface area contributed by atoms with Gasteiger partial charge in [-0.15, -0.1) is 0 Å². The van der Waals surface area contributed by atoms with E-state index in [9.17, 15) is 9.59 Å². The summed E-state index contributed by atoms with van der Waals surface area (Å²) in [6.45, 7) is 5.48. The fourth-order valence-electron chi connectivity index (χ4n) is 2.65. The number of halogens is 2. The Bertz CT molecular complexity index is 810. The number of ether oxygens (including phenoxy) is 1. The van der Waals surface area contributed by atoms with Gasteiger partial charge in [-0.25, -0.2) is 0 Å². The first-order chi connectivity index (χ1) is 13.8. The molecule has 2 rings (SSSR count). The maximum absolute atomic E-state index is 13.0. The van der Waals surface area contributed by atoms with Crippen LogP contribution in [0.4, 0.5) is 0 Å². The van der Waals surface area contributed by atoms with Gasteiger partial charge in [-0.2, -0.15) is 0 Å². The lowest BCUT2D eigenvalue weighted by Crippen LogP contribution is -2.50. The first-order valence-electron chi connectivity index (χ1n) is 9.54. The van der Waals surface area contributed by atoms with Crippen molar-refractivity contribution in [2.24, 2.45) is 0 Å². The van der Waals surface area contributed by atoms with Crippen molar-refractivity contribution in [1.82, 2.24) is 10.2 Å². The lowest BCUT2D eigenvalue weighted by Gasteiger charge is -2.30. The average molecular weight is 437 g/mol. The third kappa shape index (κ3) is 6.65. The van der Waals surface area contributed by atoms with E-state index in [2.05, 4.69) is 5.32 Å². The molecule has 5 nitrogen and oxygen atoms in total. The fourth-order valence-corrected chi connectivity index (χ4v) is 3.16. The molecule has 0 aliphatic carbocycles. The molecule has 7 heteroatoms. The Morgan fingerprint density at radius 2 is 1.66 bits per heavy atom. The fraction of sp³-hybridized carbons (Fsp3) is 0.364. The third-order valence-electron chi connectivity index (χ3n) is 4.66. The van der Waals surface area contributed by atoms with Gasteiger partial charge in [0.15, 0.2) is 6.61 Å². The summed E-state index contributed by atoms with van der Waals surface area (Å²) in [7, 11) is 0. The summed E-state index contributed by atoms with van der Waals surface area (Å²) in [6.07, 6.45) is 0.792. The Labute approximate surface area is 181 Å². The van der Waals surface area contributed by atoms with Gasteiger partial charge in [-0.05, 0) is 44.5 Å². The molecular weight excluding hydrogens is 411 g/mol. The van der Waals surface area contributed by atoms with Gasteiger partial charge >= 0.3 is 0 Å². The summed E-state index contributed by atoms with van der Waals surface area (Å²) in [5.74, 6) is 0.000476. The Balaban J connectivity index is 2.21. The summed E-state index contributed by atoms with van der Waals surface area (Å²) in [4.78, 5) is 27.1. The number of para-hydroxylation sites is 1. The Morgan fingerprint density at radius 3 is 2.24 bits per heavy atom. The predicted molar refractivity (Wildman–Crippen MR) is 116 cm³/mol. The van der Waals surface area contributed by atoms with Crippen LogP contribution in [-0.4, -0.2) is 35.4 Å². The molecule has 0 aromatic heterocycles.